The molecule has 0 bridgehead atoms. The van der Waals surface area contributed by atoms with Crippen LogP contribution in [0.15, 0.2) is 28.7 Å². The molecule has 1 aliphatic rings. The summed E-state index contributed by atoms with van der Waals surface area (Å²) in [7, 11) is 4.26. The number of nitrogens with zero attached hydrogens (tertiary/aromatic N) is 2. The van der Waals surface area contributed by atoms with Crippen molar-refractivity contribution in [1.82, 2.24) is 10.2 Å². The molecule has 2 atom stereocenters. The molecular formula is C15H24BrN3. The maximum atomic E-state index is 3.69. The van der Waals surface area contributed by atoms with Crippen LogP contribution in [0.3, 0.4) is 0 Å². The van der Waals surface area contributed by atoms with Gasteiger partial charge in [-0.2, -0.15) is 0 Å². The monoisotopic (exact) mass is 325 g/mol. The Kier molecular flexibility index (Phi) is 5.25. The van der Waals surface area contributed by atoms with E-state index in [1.54, 1.807) is 0 Å². The molecule has 4 heteroatoms. The normalized spacial score (nSPS) is 24.7. The van der Waals surface area contributed by atoms with E-state index in [-0.39, 0.29) is 0 Å². The Bertz CT molecular complexity index is 410. The second kappa shape index (κ2) is 6.73. The number of likely N-dealkylation sites (N-methyl/N-ethyl adjacent to an activating group) is 1. The number of hydrogen-bond donors (Lipinski definition) is 1. The Morgan fingerprint density at radius 2 is 2.05 bits per heavy atom. The van der Waals surface area contributed by atoms with Crippen LogP contribution in [0.4, 0.5) is 5.69 Å². The van der Waals surface area contributed by atoms with E-state index in [0.717, 1.165) is 19.6 Å². The first-order chi connectivity index (χ1) is 9.13. The Morgan fingerprint density at radius 1 is 1.32 bits per heavy atom. The van der Waals surface area contributed by atoms with E-state index in [1.807, 2.05) is 7.05 Å². The zero-order valence-corrected chi connectivity index (χ0v) is 13.7. The SMILES string of the molecule is CNCCC1CN(C)C(C)CN1c1ccccc1Br. The quantitative estimate of drug-likeness (QED) is 0.917. The van der Waals surface area contributed by atoms with Gasteiger partial charge in [-0.15, -0.1) is 0 Å². The first-order valence-electron chi connectivity index (χ1n) is 6.99. The van der Waals surface area contributed by atoms with Gasteiger partial charge in [0.25, 0.3) is 0 Å². The van der Waals surface area contributed by atoms with Crippen molar-refractivity contribution in [1.29, 1.82) is 0 Å². The Labute approximate surface area is 125 Å². The molecule has 2 rings (SSSR count). The van der Waals surface area contributed by atoms with Crippen molar-refractivity contribution in [2.45, 2.75) is 25.4 Å². The van der Waals surface area contributed by atoms with Crippen molar-refractivity contribution < 1.29 is 0 Å². The summed E-state index contributed by atoms with van der Waals surface area (Å²) < 4.78 is 1.20. The summed E-state index contributed by atoms with van der Waals surface area (Å²) in [6.45, 7) is 5.59. The number of rotatable bonds is 4. The molecule has 1 fully saturated rings. The van der Waals surface area contributed by atoms with Gasteiger partial charge in [0.05, 0.1) is 5.69 Å². The number of nitrogens with one attached hydrogen (secondary N) is 1. The van der Waals surface area contributed by atoms with Gasteiger partial charge >= 0.3 is 0 Å². The lowest BCUT2D eigenvalue weighted by atomic mass is 10.0. The Morgan fingerprint density at radius 3 is 2.74 bits per heavy atom. The Balaban J connectivity index is 2.20. The van der Waals surface area contributed by atoms with Crippen LogP contribution in [0.1, 0.15) is 13.3 Å². The molecule has 1 aliphatic heterocycles. The highest BCUT2D eigenvalue weighted by atomic mass is 79.9. The van der Waals surface area contributed by atoms with E-state index >= 15 is 0 Å². The van der Waals surface area contributed by atoms with Gasteiger partial charge in [-0.1, -0.05) is 12.1 Å². The highest BCUT2D eigenvalue weighted by Gasteiger charge is 2.30. The summed E-state index contributed by atoms with van der Waals surface area (Å²) in [4.78, 5) is 5.03. The molecule has 0 radical (unpaired) electrons. The van der Waals surface area contributed by atoms with E-state index < -0.39 is 0 Å². The number of halogens is 1. The standard InChI is InChI=1S/C15H24BrN3/c1-12-10-19(15-7-5-4-6-14(15)16)13(8-9-17-2)11-18(12)3/h4-7,12-13,17H,8-11H2,1-3H3. The fourth-order valence-electron chi connectivity index (χ4n) is 2.72. The number of benzene rings is 1. The largest absolute Gasteiger partial charge is 0.365 e. The van der Waals surface area contributed by atoms with Crippen molar-refractivity contribution in [2.75, 3.05) is 38.6 Å². The van der Waals surface area contributed by atoms with Crippen molar-refractivity contribution >= 4 is 21.6 Å². The summed E-state index contributed by atoms with van der Waals surface area (Å²) in [5.74, 6) is 0. The maximum Gasteiger partial charge on any atom is 0.0514 e. The van der Waals surface area contributed by atoms with Crippen LogP contribution in [0.5, 0.6) is 0 Å². The smallest absolute Gasteiger partial charge is 0.0514 e. The summed E-state index contributed by atoms with van der Waals surface area (Å²) in [6.07, 6.45) is 1.18. The highest BCUT2D eigenvalue weighted by Crippen LogP contribution is 2.30. The second-order valence-corrected chi connectivity index (χ2v) is 6.29. The second-order valence-electron chi connectivity index (χ2n) is 5.44. The maximum absolute atomic E-state index is 3.69. The fraction of sp³-hybridized carbons (Fsp3) is 0.600. The lowest BCUT2D eigenvalue weighted by Crippen LogP contribution is -2.56. The minimum atomic E-state index is 0.576. The van der Waals surface area contributed by atoms with E-state index in [2.05, 4.69) is 69.3 Å². The van der Waals surface area contributed by atoms with Crippen molar-refractivity contribution in [3.8, 4) is 0 Å². The molecule has 0 aliphatic carbocycles. The van der Waals surface area contributed by atoms with E-state index in [1.165, 1.54) is 16.6 Å². The summed E-state index contributed by atoms with van der Waals surface area (Å²) in [6, 6.07) is 9.72. The molecule has 0 aromatic heterocycles. The van der Waals surface area contributed by atoms with Crippen LogP contribution >= 0.6 is 15.9 Å². The number of piperazine rings is 1. The van der Waals surface area contributed by atoms with Crippen LogP contribution in [-0.4, -0.2) is 50.7 Å². The molecule has 1 aromatic rings. The molecule has 2 unspecified atom stereocenters. The van der Waals surface area contributed by atoms with E-state index in [9.17, 15) is 0 Å². The van der Waals surface area contributed by atoms with E-state index in [0.29, 0.717) is 12.1 Å². The van der Waals surface area contributed by atoms with E-state index in [4.69, 9.17) is 0 Å². The first-order valence-corrected chi connectivity index (χ1v) is 7.78. The topological polar surface area (TPSA) is 18.5 Å². The summed E-state index contributed by atoms with van der Waals surface area (Å²) in [5.41, 5.74) is 1.32. The van der Waals surface area contributed by atoms with Crippen molar-refractivity contribution in [3.63, 3.8) is 0 Å². The minimum Gasteiger partial charge on any atom is -0.365 e. The number of anilines is 1. The molecule has 19 heavy (non-hydrogen) atoms. The predicted molar refractivity (Wildman–Crippen MR) is 85.9 cm³/mol. The van der Waals surface area contributed by atoms with Crippen LogP contribution < -0.4 is 10.2 Å². The Hall–Kier alpha value is -0.580. The van der Waals surface area contributed by atoms with Crippen LogP contribution in [-0.2, 0) is 0 Å². The molecule has 1 N–H and O–H groups in total. The van der Waals surface area contributed by atoms with Crippen LogP contribution in [0.2, 0.25) is 0 Å². The van der Waals surface area contributed by atoms with Gasteiger partial charge in [0.2, 0.25) is 0 Å². The zero-order chi connectivity index (χ0) is 13.8. The first kappa shape index (κ1) is 14.8. The molecular weight excluding hydrogens is 302 g/mol. The fourth-order valence-corrected chi connectivity index (χ4v) is 3.23. The molecule has 1 heterocycles. The summed E-state index contributed by atoms with van der Waals surface area (Å²) in [5, 5.41) is 3.27. The third-order valence-corrected chi connectivity index (χ3v) is 4.71. The summed E-state index contributed by atoms with van der Waals surface area (Å²) >= 11 is 3.69. The van der Waals surface area contributed by atoms with Gasteiger partial charge in [0.15, 0.2) is 0 Å². The molecule has 1 aromatic carbocycles. The van der Waals surface area contributed by atoms with Gasteiger partial charge in [-0.25, -0.2) is 0 Å². The van der Waals surface area contributed by atoms with Crippen molar-refractivity contribution in [2.24, 2.45) is 0 Å². The van der Waals surface area contributed by atoms with Gasteiger partial charge in [-0.05, 0) is 62.0 Å². The average Bonchev–Trinajstić information content (AvgIpc) is 2.40. The van der Waals surface area contributed by atoms with Gasteiger partial charge in [0.1, 0.15) is 0 Å². The molecule has 1 saturated heterocycles. The molecule has 0 amide bonds. The molecule has 106 valence electrons. The van der Waals surface area contributed by atoms with Gasteiger partial charge in [0, 0.05) is 29.6 Å². The third-order valence-electron chi connectivity index (χ3n) is 4.04. The van der Waals surface area contributed by atoms with Crippen LogP contribution in [0.25, 0.3) is 0 Å². The van der Waals surface area contributed by atoms with Gasteiger partial charge in [-0.3, -0.25) is 4.90 Å². The van der Waals surface area contributed by atoms with Crippen LogP contribution in [0, 0.1) is 0 Å². The van der Waals surface area contributed by atoms with Crippen molar-refractivity contribution in [3.05, 3.63) is 28.7 Å². The highest BCUT2D eigenvalue weighted by molar-refractivity contribution is 9.10. The van der Waals surface area contributed by atoms with Gasteiger partial charge < -0.3 is 10.2 Å². The number of hydrogen-bond acceptors (Lipinski definition) is 3. The lowest BCUT2D eigenvalue weighted by Gasteiger charge is -2.45. The zero-order valence-electron chi connectivity index (χ0n) is 12.1. The third kappa shape index (κ3) is 3.50. The predicted octanol–water partition coefficient (Wildman–Crippen LogP) is 2.57. The molecule has 0 spiro atoms. The molecule has 0 saturated carbocycles. The average molecular weight is 326 g/mol. The number of para-hydroxylation sites is 1. The minimum absolute atomic E-state index is 0.576. The lowest BCUT2D eigenvalue weighted by molar-refractivity contribution is 0.195. The molecule has 3 nitrogen and oxygen atoms in total.